The molecular weight excluding hydrogens is 286 g/mol. The Labute approximate surface area is 119 Å². The summed E-state index contributed by atoms with van der Waals surface area (Å²) in [5.41, 5.74) is 0.440. The normalized spacial score (nSPS) is 20.9. The van der Waals surface area contributed by atoms with Crippen LogP contribution < -0.4 is 0 Å². The van der Waals surface area contributed by atoms with Gasteiger partial charge >= 0.3 is 0 Å². The van der Waals surface area contributed by atoms with Crippen LogP contribution in [0.15, 0.2) is 23.1 Å². The molecule has 1 aromatic carbocycles. The lowest BCUT2D eigenvalue weighted by Gasteiger charge is -2.23. The van der Waals surface area contributed by atoms with Crippen LogP contribution in [0.4, 0.5) is 0 Å². The van der Waals surface area contributed by atoms with Gasteiger partial charge in [0.1, 0.15) is 0 Å². The van der Waals surface area contributed by atoms with E-state index in [0.717, 1.165) is 19.3 Å². The highest BCUT2D eigenvalue weighted by molar-refractivity contribution is 7.89. The van der Waals surface area contributed by atoms with Crippen LogP contribution in [0.1, 0.15) is 31.7 Å². The number of aliphatic hydroxyl groups excluding tert-OH is 1. The minimum Gasteiger partial charge on any atom is -0.392 e. The molecule has 106 valence electrons. The lowest BCUT2D eigenvalue weighted by molar-refractivity contribution is 0.281. The van der Waals surface area contributed by atoms with Crippen LogP contribution in [-0.2, 0) is 16.6 Å². The van der Waals surface area contributed by atoms with Crippen molar-refractivity contribution in [1.82, 2.24) is 4.31 Å². The third-order valence-electron chi connectivity index (χ3n) is 3.59. The fourth-order valence-corrected chi connectivity index (χ4v) is 4.50. The summed E-state index contributed by atoms with van der Waals surface area (Å²) in [7, 11) is -3.49. The maximum Gasteiger partial charge on any atom is 0.243 e. The molecule has 1 aliphatic rings. The summed E-state index contributed by atoms with van der Waals surface area (Å²) in [5, 5.41) is 9.56. The summed E-state index contributed by atoms with van der Waals surface area (Å²) in [6.07, 6.45) is 2.63. The monoisotopic (exact) mass is 303 g/mol. The van der Waals surface area contributed by atoms with E-state index in [0.29, 0.717) is 17.1 Å². The first-order valence-electron chi connectivity index (χ1n) is 6.41. The van der Waals surface area contributed by atoms with Gasteiger partial charge in [0.2, 0.25) is 10.0 Å². The highest BCUT2D eigenvalue weighted by atomic mass is 35.5. The van der Waals surface area contributed by atoms with E-state index < -0.39 is 10.0 Å². The Morgan fingerprint density at radius 1 is 1.47 bits per heavy atom. The van der Waals surface area contributed by atoms with Crippen LogP contribution in [0, 0.1) is 0 Å². The van der Waals surface area contributed by atoms with Gasteiger partial charge in [0.25, 0.3) is 0 Å². The summed E-state index contributed by atoms with van der Waals surface area (Å²) in [6.45, 7) is 2.30. The zero-order valence-corrected chi connectivity index (χ0v) is 12.4. The van der Waals surface area contributed by atoms with Crippen LogP contribution in [0.3, 0.4) is 0 Å². The summed E-state index contributed by atoms with van der Waals surface area (Å²) in [4.78, 5) is 0.210. The van der Waals surface area contributed by atoms with E-state index in [9.17, 15) is 13.5 Å². The molecule has 4 nitrogen and oxygen atoms in total. The molecule has 6 heteroatoms. The predicted molar refractivity (Wildman–Crippen MR) is 74.6 cm³/mol. The number of hydrogen-bond donors (Lipinski definition) is 1. The Kier molecular flexibility index (Phi) is 4.50. The molecule has 0 aliphatic carbocycles. The van der Waals surface area contributed by atoms with E-state index >= 15 is 0 Å². The molecule has 1 atom stereocenters. The van der Waals surface area contributed by atoms with Crippen molar-refractivity contribution in [2.24, 2.45) is 0 Å². The van der Waals surface area contributed by atoms with Gasteiger partial charge in [0.05, 0.1) is 11.5 Å². The van der Waals surface area contributed by atoms with E-state index in [1.807, 2.05) is 6.92 Å². The standard InChI is InChI=1S/C13H18ClNO3S/c1-2-11-4-3-7-15(11)19(17,18)12-5-6-13(14)10(8-12)9-16/h5-6,8,11,16H,2-4,7,9H2,1H3. The van der Waals surface area contributed by atoms with Crippen LogP contribution in [-0.4, -0.2) is 30.4 Å². The Morgan fingerprint density at radius 2 is 2.21 bits per heavy atom. The van der Waals surface area contributed by atoms with Gasteiger partial charge in [0, 0.05) is 17.6 Å². The van der Waals surface area contributed by atoms with Crippen molar-refractivity contribution < 1.29 is 13.5 Å². The molecule has 1 heterocycles. The van der Waals surface area contributed by atoms with Gasteiger partial charge in [-0.05, 0) is 43.0 Å². The Hall–Kier alpha value is -0.620. The lowest BCUT2D eigenvalue weighted by Crippen LogP contribution is -2.35. The molecule has 0 spiro atoms. The summed E-state index contributed by atoms with van der Waals surface area (Å²) in [6, 6.07) is 4.57. The summed E-state index contributed by atoms with van der Waals surface area (Å²) in [5.74, 6) is 0. The predicted octanol–water partition coefficient (Wildman–Crippen LogP) is 2.40. The largest absolute Gasteiger partial charge is 0.392 e. The van der Waals surface area contributed by atoms with Crippen molar-refractivity contribution in [3.05, 3.63) is 28.8 Å². The topological polar surface area (TPSA) is 57.6 Å². The highest BCUT2D eigenvalue weighted by Gasteiger charge is 2.34. The average molecular weight is 304 g/mol. The minimum atomic E-state index is -3.49. The maximum absolute atomic E-state index is 12.6. The van der Waals surface area contributed by atoms with Crippen LogP contribution in [0.5, 0.6) is 0 Å². The van der Waals surface area contributed by atoms with Crippen molar-refractivity contribution in [3.8, 4) is 0 Å². The van der Waals surface area contributed by atoms with E-state index in [1.165, 1.54) is 18.2 Å². The van der Waals surface area contributed by atoms with E-state index in [2.05, 4.69) is 0 Å². The fraction of sp³-hybridized carbons (Fsp3) is 0.538. The molecule has 2 rings (SSSR count). The zero-order chi connectivity index (χ0) is 14.0. The summed E-state index contributed by atoms with van der Waals surface area (Å²) < 4.78 is 26.7. The van der Waals surface area contributed by atoms with Gasteiger partial charge < -0.3 is 5.11 Å². The van der Waals surface area contributed by atoms with Gasteiger partial charge in [0.15, 0.2) is 0 Å². The maximum atomic E-state index is 12.6. The molecule has 1 aromatic rings. The third-order valence-corrected chi connectivity index (χ3v) is 5.91. The van der Waals surface area contributed by atoms with Crippen molar-refractivity contribution in [2.45, 2.75) is 43.7 Å². The number of hydrogen-bond acceptors (Lipinski definition) is 3. The summed E-state index contributed by atoms with van der Waals surface area (Å²) >= 11 is 5.89. The van der Waals surface area contributed by atoms with Gasteiger partial charge in [-0.15, -0.1) is 0 Å². The van der Waals surface area contributed by atoms with Crippen molar-refractivity contribution in [2.75, 3.05) is 6.54 Å². The smallest absolute Gasteiger partial charge is 0.243 e. The van der Waals surface area contributed by atoms with E-state index in [4.69, 9.17) is 11.6 Å². The van der Waals surface area contributed by atoms with Crippen LogP contribution in [0.25, 0.3) is 0 Å². The molecule has 1 saturated heterocycles. The first-order chi connectivity index (χ1) is 9.00. The molecule has 1 aliphatic heterocycles. The SMILES string of the molecule is CCC1CCCN1S(=O)(=O)c1ccc(Cl)c(CO)c1. The number of halogens is 1. The first-order valence-corrected chi connectivity index (χ1v) is 8.23. The van der Waals surface area contributed by atoms with Crippen LogP contribution in [0.2, 0.25) is 5.02 Å². The zero-order valence-electron chi connectivity index (χ0n) is 10.8. The second-order valence-corrected chi connectivity index (χ2v) is 7.03. The van der Waals surface area contributed by atoms with Crippen LogP contribution >= 0.6 is 11.6 Å². The lowest BCUT2D eigenvalue weighted by atomic mass is 10.2. The second kappa shape index (κ2) is 5.79. The number of rotatable bonds is 4. The van der Waals surface area contributed by atoms with Gasteiger partial charge in [-0.3, -0.25) is 0 Å². The van der Waals surface area contributed by atoms with Crippen molar-refractivity contribution >= 4 is 21.6 Å². The number of sulfonamides is 1. The molecule has 0 amide bonds. The van der Waals surface area contributed by atoms with E-state index in [-0.39, 0.29) is 17.5 Å². The van der Waals surface area contributed by atoms with Gasteiger partial charge in [-0.1, -0.05) is 18.5 Å². The van der Waals surface area contributed by atoms with Crippen molar-refractivity contribution in [1.29, 1.82) is 0 Å². The number of benzene rings is 1. The van der Waals surface area contributed by atoms with Gasteiger partial charge in [-0.25, -0.2) is 8.42 Å². The van der Waals surface area contributed by atoms with Crippen molar-refractivity contribution in [3.63, 3.8) is 0 Å². The molecule has 1 fully saturated rings. The quantitative estimate of drug-likeness (QED) is 0.929. The molecule has 0 bridgehead atoms. The minimum absolute atomic E-state index is 0.0817. The van der Waals surface area contributed by atoms with Gasteiger partial charge in [-0.2, -0.15) is 4.31 Å². The molecule has 1 N–H and O–H groups in total. The number of nitrogens with zero attached hydrogens (tertiary/aromatic N) is 1. The molecular formula is C13H18ClNO3S. The number of aliphatic hydroxyl groups is 1. The Bertz CT molecular complexity index is 559. The third kappa shape index (κ3) is 2.79. The second-order valence-electron chi connectivity index (χ2n) is 4.73. The molecule has 0 radical (unpaired) electrons. The van der Waals surface area contributed by atoms with E-state index in [1.54, 1.807) is 4.31 Å². The average Bonchev–Trinajstić information content (AvgIpc) is 2.88. The first kappa shape index (κ1) is 14.8. The fourth-order valence-electron chi connectivity index (χ4n) is 2.50. The Morgan fingerprint density at radius 3 is 2.84 bits per heavy atom. The highest BCUT2D eigenvalue weighted by Crippen LogP contribution is 2.29. The molecule has 1 unspecified atom stereocenters. The molecule has 0 saturated carbocycles. The Balaban J connectivity index is 2.39. The molecule has 0 aromatic heterocycles. The molecule has 19 heavy (non-hydrogen) atoms.